The first-order chi connectivity index (χ1) is 12.5. The Balaban J connectivity index is 1.84. The molecular weight excluding hydrogens is 332 g/mol. The number of carbonyl (C=O) groups is 1. The predicted octanol–water partition coefficient (Wildman–Crippen LogP) is 3.58. The van der Waals surface area contributed by atoms with Gasteiger partial charge in [0.2, 0.25) is 0 Å². The van der Waals surface area contributed by atoms with Gasteiger partial charge in [0.15, 0.2) is 0 Å². The Morgan fingerprint density at radius 2 is 1.96 bits per heavy atom. The average molecular weight is 350 g/mol. The minimum absolute atomic E-state index is 0.154. The highest BCUT2D eigenvalue weighted by Crippen LogP contribution is 2.24. The fraction of sp³-hybridized carbons (Fsp3) is 0.158. The van der Waals surface area contributed by atoms with Crippen molar-refractivity contribution < 1.29 is 9.72 Å². The van der Waals surface area contributed by atoms with Crippen LogP contribution in [0.3, 0.4) is 0 Å². The van der Waals surface area contributed by atoms with Gasteiger partial charge in [0.25, 0.3) is 11.6 Å². The number of nitrogens with zero attached hydrogens (tertiary/aromatic N) is 3. The van der Waals surface area contributed by atoms with Crippen LogP contribution in [-0.4, -0.2) is 20.4 Å². The topological polar surface area (TPSA) is 90.1 Å². The first-order valence-electron chi connectivity index (χ1n) is 8.10. The van der Waals surface area contributed by atoms with Crippen LogP contribution in [0.1, 0.15) is 34.5 Å². The molecule has 0 aliphatic carbocycles. The molecule has 1 aromatic heterocycles. The standard InChI is InChI=1S/C19H18N4O3/c1-13-3-5-15(6-4-13)14(2)21-19(24)16-7-8-17(18(11-16)23(25)26)22-10-9-20-12-22/h3-12,14H,1-2H3,(H,21,24). The number of imidazole rings is 1. The van der Waals surface area contributed by atoms with E-state index in [0.29, 0.717) is 5.69 Å². The molecule has 3 aromatic rings. The number of hydrogen-bond acceptors (Lipinski definition) is 4. The molecule has 0 radical (unpaired) electrons. The second-order valence-corrected chi connectivity index (χ2v) is 6.04. The van der Waals surface area contributed by atoms with Gasteiger partial charge in [-0.25, -0.2) is 4.98 Å². The molecule has 1 unspecified atom stereocenters. The van der Waals surface area contributed by atoms with Crippen molar-refractivity contribution in [3.05, 3.63) is 88.0 Å². The Kier molecular flexibility index (Phi) is 4.79. The maximum atomic E-state index is 12.5. The van der Waals surface area contributed by atoms with Crippen molar-refractivity contribution in [1.82, 2.24) is 14.9 Å². The molecule has 0 bridgehead atoms. The summed E-state index contributed by atoms with van der Waals surface area (Å²) in [6, 6.07) is 12.0. The van der Waals surface area contributed by atoms with Gasteiger partial charge in [-0.1, -0.05) is 29.8 Å². The number of carbonyl (C=O) groups excluding carboxylic acids is 1. The maximum Gasteiger partial charge on any atom is 0.294 e. The molecular formula is C19H18N4O3. The number of nitro groups is 1. The molecule has 1 atom stereocenters. The summed E-state index contributed by atoms with van der Waals surface area (Å²) in [7, 11) is 0. The summed E-state index contributed by atoms with van der Waals surface area (Å²) in [6.07, 6.45) is 4.62. The van der Waals surface area contributed by atoms with Crippen LogP contribution in [0, 0.1) is 17.0 Å². The number of aromatic nitrogens is 2. The van der Waals surface area contributed by atoms with Crippen LogP contribution >= 0.6 is 0 Å². The summed E-state index contributed by atoms with van der Waals surface area (Å²) in [5, 5.41) is 14.3. The molecule has 132 valence electrons. The van der Waals surface area contributed by atoms with Crippen molar-refractivity contribution in [1.29, 1.82) is 0 Å². The first kappa shape index (κ1) is 17.3. The number of nitro benzene ring substituents is 1. The van der Waals surface area contributed by atoms with Gasteiger partial charge in [-0.15, -0.1) is 0 Å². The first-order valence-corrected chi connectivity index (χ1v) is 8.10. The van der Waals surface area contributed by atoms with E-state index in [1.165, 1.54) is 23.2 Å². The summed E-state index contributed by atoms with van der Waals surface area (Å²) < 4.78 is 1.54. The monoisotopic (exact) mass is 350 g/mol. The molecule has 0 aliphatic heterocycles. The molecule has 0 fully saturated rings. The minimum atomic E-state index is -0.504. The van der Waals surface area contributed by atoms with Crippen molar-refractivity contribution in [3.8, 4) is 5.69 Å². The molecule has 0 saturated heterocycles. The van der Waals surface area contributed by atoms with Gasteiger partial charge in [0, 0.05) is 24.0 Å². The van der Waals surface area contributed by atoms with Gasteiger partial charge in [-0.3, -0.25) is 14.9 Å². The molecule has 7 heteroatoms. The molecule has 3 rings (SSSR count). The molecule has 0 aliphatic rings. The normalized spacial score (nSPS) is 11.8. The zero-order valence-corrected chi connectivity index (χ0v) is 14.4. The highest BCUT2D eigenvalue weighted by Gasteiger charge is 2.19. The molecule has 7 nitrogen and oxygen atoms in total. The van der Waals surface area contributed by atoms with Gasteiger partial charge in [-0.2, -0.15) is 0 Å². The van der Waals surface area contributed by atoms with E-state index in [-0.39, 0.29) is 23.2 Å². The summed E-state index contributed by atoms with van der Waals surface area (Å²) in [5.74, 6) is -0.363. The van der Waals surface area contributed by atoms with Gasteiger partial charge >= 0.3 is 0 Å². The lowest BCUT2D eigenvalue weighted by Gasteiger charge is -2.15. The molecule has 1 heterocycles. The minimum Gasteiger partial charge on any atom is -0.346 e. The van der Waals surface area contributed by atoms with Crippen molar-refractivity contribution in [2.75, 3.05) is 0 Å². The molecule has 0 saturated carbocycles. The Morgan fingerprint density at radius 1 is 1.23 bits per heavy atom. The van der Waals surface area contributed by atoms with Crippen LogP contribution in [0.2, 0.25) is 0 Å². The second-order valence-electron chi connectivity index (χ2n) is 6.04. The zero-order valence-electron chi connectivity index (χ0n) is 14.4. The van der Waals surface area contributed by atoms with E-state index in [9.17, 15) is 14.9 Å². The lowest BCUT2D eigenvalue weighted by Crippen LogP contribution is -2.26. The Bertz CT molecular complexity index is 934. The van der Waals surface area contributed by atoms with Crippen LogP contribution < -0.4 is 5.32 Å². The van der Waals surface area contributed by atoms with Gasteiger partial charge < -0.3 is 9.88 Å². The third-order valence-corrected chi connectivity index (χ3v) is 4.14. The summed E-state index contributed by atoms with van der Waals surface area (Å²) in [6.45, 7) is 3.87. The average Bonchev–Trinajstić information content (AvgIpc) is 3.16. The number of aryl methyl sites for hydroxylation is 1. The second kappa shape index (κ2) is 7.18. The fourth-order valence-corrected chi connectivity index (χ4v) is 2.65. The van der Waals surface area contributed by atoms with Crippen molar-refractivity contribution in [3.63, 3.8) is 0 Å². The number of hydrogen-bond donors (Lipinski definition) is 1. The lowest BCUT2D eigenvalue weighted by atomic mass is 10.1. The molecule has 2 aromatic carbocycles. The third-order valence-electron chi connectivity index (χ3n) is 4.14. The van der Waals surface area contributed by atoms with Crippen molar-refractivity contribution in [2.45, 2.75) is 19.9 Å². The van der Waals surface area contributed by atoms with E-state index in [1.807, 2.05) is 38.1 Å². The lowest BCUT2D eigenvalue weighted by molar-refractivity contribution is -0.384. The number of nitrogens with one attached hydrogen (secondary N) is 1. The van der Waals surface area contributed by atoms with E-state index in [1.54, 1.807) is 18.3 Å². The van der Waals surface area contributed by atoms with E-state index in [4.69, 9.17) is 0 Å². The SMILES string of the molecule is Cc1ccc(C(C)NC(=O)c2ccc(-n3ccnc3)c([N+](=O)[O-])c2)cc1. The van der Waals surface area contributed by atoms with Gasteiger partial charge in [0.05, 0.1) is 17.3 Å². The Morgan fingerprint density at radius 3 is 2.58 bits per heavy atom. The Hall–Kier alpha value is -3.48. The van der Waals surface area contributed by atoms with Gasteiger partial charge in [0.1, 0.15) is 5.69 Å². The fourth-order valence-electron chi connectivity index (χ4n) is 2.65. The van der Waals surface area contributed by atoms with Crippen LogP contribution in [0.4, 0.5) is 5.69 Å². The van der Waals surface area contributed by atoms with E-state index >= 15 is 0 Å². The maximum absolute atomic E-state index is 12.5. The van der Waals surface area contributed by atoms with E-state index in [2.05, 4.69) is 10.3 Å². The zero-order chi connectivity index (χ0) is 18.7. The van der Waals surface area contributed by atoms with Crippen LogP contribution in [0.25, 0.3) is 5.69 Å². The number of rotatable bonds is 5. The third kappa shape index (κ3) is 3.61. The highest BCUT2D eigenvalue weighted by atomic mass is 16.6. The van der Waals surface area contributed by atoms with Gasteiger partial charge in [-0.05, 0) is 31.5 Å². The van der Waals surface area contributed by atoms with Crippen molar-refractivity contribution in [2.24, 2.45) is 0 Å². The van der Waals surface area contributed by atoms with Crippen LogP contribution in [0.5, 0.6) is 0 Å². The highest BCUT2D eigenvalue weighted by molar-refractivity contribution is 5.95. The molecule has 1 N–H and O–H groups in total. The summed E-state index contributed by atoms with van der Waals surface area (Å²) in [4.78, 5) is 27.3. The Labute approximate surface area is 150 Å². The van der Waals surface area contributed by atoms with E-state index in [0.717, 1.165) is 11.1 Å². The summed E-state index contributed by atoms with van der Waals surface area (Å²) in [5.41, 5.74) is 2.54. The van der Waals surface area contributed by atoms with Crippen LogP contribution in [-0.2, 0) is 0 Å². The van der Waals surface area contributed by atoms with Crippen molar-refractivity contribution >= 4 is 11.6 Å². The molecule has 0 spiro atoms. The smallest absolute Gasteiger partial charge is 0.294 e. The van der Waals surface area contributed by atoms with E-state index < -0.39 is 4.92 Å². The number of amides is 1. The predicted molar refractivity (Wildman–Crippen MR) is 97.3 cm³/mol. The number of benzene rings is 2. The summed E-state index contributed by atoms with van der Waals surface area (Å²) >= 11 is 0. The largest absolute Gasteiger partial charge is 0.346 e. The quantitative estimate of drug-likeness (QED) is 0.562. The molecule has 1 amide bonds. The van der Waals surface area contributed by atoms with Crippen LogP contribution in [0.15, 0.2) is 61.2 Å². The molecule has 26 heavy (non-hydrogen) atoms.